The second-order valence-electron chi connectivity index (χ2n) is 3.93. The first-order valence-corrected chi connectivity index (χ1v) is 5.00. The maximum absolute atomic E-state index is 10.3. The zero-order chi connectivity index (χ0) is 11.0. The first-order chi connectivity index (χ1) is 6.52. The van der Waals surface area contributed by atoms with Crippen molar-refractivity contribution in [1.29, 1.82) is 0 Å². The molecule has 0 atom stereocenters. The van der Waals surface area contributed by atoms with Crippen molar-refractivity contribution in [2.45, 2.75) is 20.3 Å². The molecule has 0 saturated heterocycles. The monoisotopic (exact) mass is 203 g/mol. The molecular weight excluding hydrogens is 182 g/mol. The number of carboxylic acids is 1. The maximum atomic E-state index is 10.3. The molecule has 0 bridgehead atoms. The number of carboxylic acid groups (broad SMARTS) is 1. The summed E-state index contributed by atoms with van der Waals surface area (Å²) in [6.07, 6.45) is 1.06. The lowest BCUT2D eigenvalue weighted by Crippen LogP contribution is -2.29. The summed E-state index contributed by atoms with van der Waals surface area (Å²) in [7, 11) is 1.78. The second-order valence-corrected chi connectivity index (χ2v) is 3.93. The summed E-state index contributed by atoms with van der Waals surface area (Å²) in [6, 6.07) is 0. The molecule has 0 aliphatic rings. The third kappa shape index (κ3) is 9.48. The van der Waals surface area contributed by atoms with Gasteiger partial charge in [-0.2, -0.15) is 0 Å². The molecule has 0 aromatic rings. The van der Waals surface area contributed by atoms with Crippen LogP contribution in [0.25, 0.3) is 0 Å². The van der Waals surface area contributed by atoms with Crippen molar-refractivity contribution in [2.24, 2.45) is 5.92 Å². The van der Waals surface area contributed by atoms with Gasteiger partial charge in [-0.15, -0.1) is 0 Å². The van der Waals surface area contributed by atoms with Gasteiger partial charge in [-0.1, -0.05) is 13.8 Å². The Morgan fingerprint density at radius 3 is 2.57 bits per heavy atom. The molecular formula is C10H21NO3. The van der Waals surface area contributed by atoms with Gasteiger partial charge >= 0.3 is 5.97 Å². The number of nitrogens with zero attached hydrogens (tertiary/aromatic N) is 1. The van der Waals surface area contributed by atoms with Crippen molar-refractivity contribution in [3.63, 3.8) is 0 Å². The average molecular weight is 203 g/mol. The Morgan fingerprint density at radius 2 is 2.07 bits per heavy atom. The Bertz CT molecular complexity index is 159. The van der Waals surface area contributed by atoms with E-state index < -0.39 is 5.97 Å². The van der Waals surface area contributed by atoms with Crippen LogP contribution in [0, 0.1) is 5.92 Å². The number of likely N-dealkylation sites (N-methyl/N-ethyl adjacent to an activating group) is 1. The molecule has 0 fully saturated rings. The van der Waals surface area contributed by atoms with Gasteiger partial charge in [-0.3, -0.25) is 9.69 Å². The molecule has 0 saturated carbocycles. The van der Waals surface area contributed by atoms with Gasteiger partial charge < -0.3 is 9.84 Å². The Kier molecular flexibility index (Phi) is 7.42. The van der Waals surface area contributed by atoms with Crippen molar-refractivity contribution in [2.75, 3.05) is 33.4 Å². The highest BCUT2D eigenvalue weighted by Crippen LogP contribution is 1.98. The lowest BCUT2D eigenvalue weighted by atomic mass is 10.1. The minimum Gasteiger partial charge on any atom is -0.480 e. The summed E-state index contributed by atoms with van der Waals surface area (Å²) in [4.78, 5) is 12.0. The quantitative estimate of drug-likeness (QED) is 0.599. The Labute approximate surface area is 85.9 Å². The van der Waals surface area contributed by atoms with Gasteiger partial charge in [0.1, 0.15) is 0 Å². The van der Waals surface area contributed by atoms with Gasteiger partial charge in [0, 0.05) is 13.2 Å². The van der Waals surface area contributed by atoms with Crippen LogP contribution in [0.1, 0.15) is 20.3 Å². The van der Waals surface area contributed by atoms with E-state index in [9.17, 15) is 4.79 Å². The van der Waals surface area contributed by atoms with Crippen molar-refractivity contribution in [1.82, 2.24) is 4.90 Å². The predicted octanol–water partition coefficient (Wildman–Crippen LogP) is 1.07. The molecule has 4 heteroatoms. The molecule has 0 unspecified atom stereocenters. The SMILES string of the molecule is CC(C)CCOCCN(C)CC(=O)O. The van der Waals surface area contributed by atoms with E-state index in [1.165, 1.54) is 0 Å². The fraction of sp³-hybridized carbons (Fsp3) is 0.900. The molecule has 84 valence electrons. The van der Waals surface area contributed by atoms with Crippen molar-refractivity contribution in [3.8, 4) is 0 Å². The van der Waals surface area contributed by atoms with Gasteiger partial charge in [-0.25, -0.2) is 0 Å². The lowest BCUT2D eigenvalue weighted by Gasteiger charge is -2.14. The third-order valence-electron chi connectivity index (χ3n) is 1.86. The minimum atomic E-state index is -0.797. The molecule has 0 rings (SSSR count). The van der Waals surface area contributed by atoms with Crippen LogP contribution in [0.3, 0.4) is 0 Å². The molecule has 0 aliphatic heterocycles. The first kappa shape index (κ1) is 13.4. The molecule has 0 amide bonds. The number of carbonyl (C=O) groups is 1. The summed E-state index contributed by atoms with van der Waals surface area (Å²) in [6.45, 7) is 6.42. The summed E-state index contributed by atoms with van der Waals surface area (Å²) in [5, 5.41) is 8.48. The smallest absolute Gasteiger partial charge is 0.317 e. The van der Waals surface area contributed by atoms with Crippen LogP contribution < -0.4 is 0 Å². The van der Waals surface area contributed by atoms with Crippen molar-refractivity contribution in [3.05, 3.63) is 0 Å². The Hall–Kier alpha value is -0.610. The fourth-order valence-corrected chi connectivity index (χ4v) is 0.951. The maximum Gasteiger partial charge on any atom is 0.317 e. The van der Waals surface area contributed by atoms with Crippen LogP contribution in [-0.2, 0) is 9.53 Å². The van der Waals surface area contributed by atoms with E-state index in [1.54, 1.807) is 11.9 Å². The number of hydrogen-bond acceptors (Lipinski definition) is 3. The number of aliphatic carboxylic acids is 1. The summed E-state index contributed by atoms with van der Waals surface area (Å²) in [5.74, 6) is -0.138. The van der Waals surface area contributed by atoms with E-state index in [1.807, 2.05) is 0 Å². The van der Waals surface area contributed by atoms with E-state index in [-0.39, 0.29) is 6.54 Å². The molecule has 0 radical (unpaired) electrons. The van der Waals surface area contributed by atoms with E-state index in [0.717, 1.165) is 13.0 Å². The lowest BCUT2D eigenvalue weighted by molar-refractivity contribution is -0.138. The van der Waals surface area contributed by atoms with E-state index >= 15 is 0 Å². The number of hydrogen-bond donors (Lipinski definition) is 1. The Morgan fingerprint density at radius 1 is 1.43 bits per heavy atom. The first-order valence-electron chi connectivity index (χ1n) is 5.00. The topological polar surface area (TPSA) is 49.8 Å². The summed E-state index contributed by atoms with van der Waals surface area (Å²) < 4.78 is 5.36. The van der Waals surface area contributed by atoms with Crippen LogP contribution in [0.4, 0.5) is 0 Å². The summed E-state index contributed by atoms with van der Waals surface area (Å²) >= 11 is 0. The van der Waals surface area contributed by atoms with Gasteiger partial charge in [0.05, 0.1) is 13.2 Å². The Balaban J connectivity index is 3.23. The van der Waals surface area contributed by atoms with Gasteiger partial charge in [0.2, 0.25) is 0 Å². The van der Waals surface area contributed by atoms with Crippen LogP contribution >= 0.6 is 0 Å². The molecule has 0 aliphatic carbocycles. The van der Waals surface area contributed by atoms with E-state index in [0.29, 0.717) is 19.1 Å². The highest BCUT2D eigenvalue weighted by atomic mass is 16.5. The molecule has 1 N–H and O–H groups in total. The van der Waals surface area contributed by atoms with Gasteiger partial charge in [0.15, 0.2) is 0 Å². The summed E-state index contributed by atoms with van der Waals surface area (Å²) in [5.41, 5.74) is 0. The van der Waals surface area contributed by atoms with Crippen LogP contribution in [-0.4, -0.2) is 49.3 Å². The van der Waals surface area contributed by atoms with Crippen LogP contribution in [0.2, 0.25) is 0 Å². The standard InChI is InChI=1S/C10H21NO3/c1-9(2)4-6-14-7-5-11(3)8-10(12)13/h9H,4-8H2,1-3H3,(H,12,13). The molecule has 4 nitrogen and oxygen atoms in total. The minimum absolute atomic E-state index is 0.0769. The van der Waals surface area contributed by atoms with Crippen molar-refractivity contribution >= 4 is 5.97 Å². The molecule has 0 heterocycles. The number of ether oxygens (including phenoxy) is 1. The van der Waals surface area contributed by atoms with Gasteiger partial charge in [-0.05, 0) is 19.4 Å². The molecule has 14 heavy (non-hydrogen) atoms. The molecule has 0 aromatic heterocycles. The number of rotatable bonds is 8. The molecule has 0 aromatic carbocycles. The predicted molar refractivity (Wildman–Crippen MR) is 55.4 cm³/mol. The molecule has 0 spiro atoms. The fourth-order valence-electron chi connectivity index (χ4n) is 0.951. The zero-order valence-electron chi connectivity index (χ0n) is 9.32. The van der Waals surface area contributed by atoms with Crippen LogP contribution in [0.5, 0.6) is 0 Å². The largest absolute Gasteiger partial charge is 0.480 e. The van der Waals surface area contributed by atoms with Gasteiger partial charge in [0.25, 0.3) is 0 Å². The highest BCUT2D eigenvalue weighted by Gasteiger charge is 2.03. The highest BCUT2D eigenvalue weighted by molar-refractivity contribution is 5.68. The average Bonchev–Trinajstić information content (AvgIpc) is 2.01. The second kappa shape index (κ2) is 7.76. The van der Waals surface area contributed by atoms with Crippen molar-refractivity contribution < 1.29 is 14.6 Å². The van der Waals surface area contributed by atoms with E-state index in [2.05, 4.69) is 13.8 Å². The van der Waals surface area contributed by atoms with E-state index in [4.69, 9.17) is 9.84 Å². The normalized spacial score (nSPS) is 11.2. The zero-order valence-corrected chi connectivity index (χ0v) is 9.32. The van der Waals surface area contributed by atoms with Crippen LogP contribution in [0.15, 0.2) is 0 Å². The third-order valence-corrected chi connectivity index (χ3v) is 1.86.